The van der Waals surface area contributed by atoms with Crippen LogP contribution < -0.4 is 4.74 Å². The summed E-state index contributed by atoms with van der Waals surface area (Å²) >= 11 is 0. The molecule has 0 amide bonds. The average molecular weight is 339 g/mol. The smallest absolute Gasteiger partial charge is 0.343 e. The van der Waals surface area contributed by atoms with Gasteiger partial charge >= 0.3 is 5.97 Å². The average Bonchev–Trinajstić information content (AvgIpc) is 2.75. The second-order valence-corrected chi connectivity index (χ2v) is 7.15. The number of nitrogens with zero attached hydrogens (tertiary/aromatic N) is 1. The van der Waals surface area contributed by atoms with Gasteiger partial charge in [0.05, 0.1) is 29.2 Å². The Morgan fingerprint density at radius 2 is 1.96 bits per heavy atom. The van der Waals surface area contributed by atoms with Crippen LogP contribution in [0.4, 0.5) is 0 Å². The lowest BCUT2D eigenvalue weighted by molar-refractivity contribution is 0.0516. The highest BCUT2D eigenvalue weighted by Gasteiger charge is 2.23. The summed E-state index contributed by atoms with van der Waals surface area (Å²) in [5.41, 5.74) is 0.852. The van der Waals surface area contributed by atoms with Crippen molar-refractivity contribution < 1.29 is 18.5 Å². The zero-order valence-electron chi connectivity index (χ0n) is 14.1. The SMILES string of the molecule is CCOC(=O)c1c(OC2CCCCCC2)cc(S(C)=O)nc1C. The third kappa shape index (κ3) is 4.77. The summed E-state index contributed by atoms with van der Waals surface area (Å²) in [6, 6.07) is 1.63. The number of carbonyl (C=O) groups is 1. The minimum absolute atomic E-state index is 0.0885. The van der Waals surface area contributed by atoms with Crippen molar-refractivity contribution in [3.05, 3.63) is 17.3 Å². The van der Waals surface area contributed by atoms with Crippen molar-refractivity contribution in [2.75, 3.05) is 12.9 Å². The van der Waals surface area contributed by atoms with Gasteiger partial charge in [0.1, 0.15) is 16.3 Å². The predicted octanol–water partition coefficient (Wildman–Crippen LogP) is 3.41. The summed E-state index contributed by atoms with van der Waals surface area (Å²) in [5.74, 6) is 0.0163. The molecule has 6 heteroatoms. The lowest BCUT2D eigenvalue weighted by Crippen LogP contribution is -2.19. The Kier molecular flexibility index (Phi) is 6.57. The van der Waals surface area contributed by atoms with Crippen LogP contribution in [0.1, 0.15) is 61.5 Å². The van der Waals surface area contributed by atoms with Crippen molar-refractivity contribution >= 4 is 16.8 Å². The van der Waals surface area contributed by atoms with Crippen LogP contribution in [-0.4, -0.2) is 34.1 Å². The van der Waals surface area contributed by atoms with Gasteiger partial charge in [-0.3, -0.25) is 4.21 Å². The number of aromatic nitrogens is 1. The van der Waals surface area contributed by atoms with Gasteiger partial charge in [0.25, 0.3) is 0 Å². The van der Waals surface area contributed by atoms with Crippen LogP contribution in [0.3, 0.4) is 0 Å². The number of carbonyl (C=O) groups excluding carboxylic acids is 1. The van der Waals surface area contributed by atoms with Crippen molar-refractivity contribution in [1.29, 1.82) is 0 Å². The highest BCUT2D eigenvalue weighted by atomic mass is 32.2. The summed E-state index contributed by atoms with van der Waals surface area (Å²) in [5, 5.41) is 0.430. The van der Waals surface area contributed by atoms with Crippen LogP contribution in [0.5, 0.6) is 5.75 Å². The van der Waals surface area contributed by atoms with Gasteiger partial charge in [-0.15, -0.1) is 0 Å². The number of esters is 1. The summed E-state index contributed by atoms with van der Waals surface area (Å²) in [6.07, 6.45) is 8.34. The monoisotopic (exact) mass is 339 g/mol. The number of hydrogen-bond acceptors (Lipinski definition) is 5. The predicted molar refractivity (Wildman–Crippen MR) is 89.4 cm³/mol. The Bertz CT molecular complexity index is 580. The molecule has 1 aliphatic carbocycles. The Labute approximate surface area is 140 Å². The Hall–Kier alpha value is -1.43. The molecule has 0 saturated heterocycles. The number of rotatable bonds is 5. The Morgan fingerprint density at radius 1 is 1.30 bits per heavy atom. The molecule has 23 heavy (non-hydrogen) atoms. The number of ether oxygens (including phenoxy) is 2. The number of hydrogen-bond donors (Lipinski definition) is 0. The standard InChI is InChI=1S/C17H25NO4S/c1-4-21-17(19)16-12(2)18-15(23(3)20)11-14(16)22-13-9-7-5-6-8-10-13/h11,13H,4-10H2,1-3H3. The minimum atomic E-state index is -1.23. The van der Waals surface area contributed by atoms with Gasteiger partial charge in [0.15, 0.2) is 0 Å². The lowest BCUT2D eigenvalue weighted by Gasteiger charge is -2.20. The molecule has 1 atom stereocenters. The first kappa shape index (κ1) is 17.9. The van der Waals surface area contributed by atoms with E-state index in [4.69, 9.17) is 9.47 Å². The summed E-state index contributed by atoms with van der Waals surface area (Å²) in [4.78, 5) is 16.5. The molecule has 1 saturated carbocycles. The minimum Gasteiger partial charge on any atom is -0.489 e. The quantitative estimate of drug-likeness (QED) is 0.607. The van der Waals surface area contributed by atoms with Crippen LogP contribution in [0.15, 0.2) is 11.1 Å². The molecule has 0 bridgehead atoms. The van der Waals surface area contributed by atoms with Gasteiger partial charge in [-0.05, 0) is 39.5 Å². The molecule has 1 unspecified atom stereocenters. The van der Waals surface area contributed by atoms with Gasteiger partial charge in [0.2, 0.25) is 0 Å². The Balaban J connectivity index is 2.35. The molecule has 0 aromatic carbocycles. The van der Waals surface area contributed by atoms with Crippen molar-refractivity contribution in [2.24, 2.45) is 0 Å². The normalized spacial score (nSPS) is 17.3. The maximum absolute atomic E-state index is 12.3. The number of pyridine rings is 1. The van der Waals surface area contributed by atoms with Crippen LogP contribution >= 0.6 is 0 Å². The van der Waals surface area contributed by atoms with E-state index < -0.39 is 16.8 Å². The highest BCUT2D eigenvalue weighted by molar-refractivity contribution is 7.84. The third-order valence-corrected chi connectivity index (χ3v) is 4.81. The molecular weight excluding hydrogens is 314 g/mol. The maximum Gasteiger partial charge on any atom is 0.343 e. The molecule has 0 aliphatic heterocycles. The van der Waals surface area contributed by atoms with E-state index in [9.17, 15) is 9.00 Å². The van der Waals surface area contributed by atoms with E-state index in [1.54, 1.807) is 26.2 Å². The summed E-state index contributed by atoms with van der Waals surface area (Å²) < 4.78 is 23.0. The second kappa shape index (κ2) is 8.43. The van der Waals surface area contributed by atoms with Crippen molar-refractivity contribution in [3.8, 4) is 5.75 Å². The fourth-order valence-corrected chi connectivity index (χ4v) is 3.39. The highest BCUT2D eigenvalue weighted by Crippen LogP contribution is 2.29. The van der Waals surface area contributed by atoms with Crippen LogP contribution in [-0.2, 0) is 15.5 Å². The summed E-state index contributed by atoms with van der Waals surface area (Å²) in [6.45, 7) is 3.78. The van der Waals surface area contributed by atoms with Gasteiger partial charge in [-0.2, -0.15) is 0 Å². The molecule has 1 fully saturated rings. The summed E-state index contributed by atoms with van der Waals surface area (Å²) in [7, 11) is -1.23. The van der Waals surface area contributed by atoms with E-state index in [2.05, 4.69) is 4.98 Å². The second-order valence-electron chi connectivity index (χ2n) is 5.83. The van der Waals surface area contributed by atoms with Gasteiger partial charge in [-0.25, -0.2) is 9.78 Å². The largest absolute Gasteiger partial charge is 0.489 e. The van der Waals surface area contributed by atoms with Gasteiger partial charge in [-0.1, -0.05) is 12.8 Å². The van der Waals surface area contributed by atoms with E-state index >= 15 is 0 Å². The van der Waals surface area contributed by atoms with E-state index in [1.807, 2.05) is 0 Å². The molecule has 1 aromatic heterocycles. The maximum atomic E-state index is 12.3. The topological polar surface area (TPSA) is 65.5 Å². The molecule has 1 aliphatic rings. The fraction of sp³-hybridized carbons (Fsp3) is 0.647. The van der Waals surface area contributed by atoms with Crippen molar-refractivity contribution in [3.63, 3.8) is 0 Å². The van der Waals surface area contributed by atoms with Crippen molar-refractivity contribution in [1.82, 2.24) is 4.98 Å². The van der Waals surface area contributed by atoms with E-state index in [1.165, 1.54) is 12.8 Å². The molecular formula is C17H25NO4S. The first-order valence-corrected chi connectivity index (χ1v) is 9.77. The fourth-order valence-electron chi connectivity index (χ4n) is 2.85. The third-order valence-electron chi connectivity index (χ3n) is 4.01. The van der Waals surface area contributed by atoms with E-state index in [0.717, 1.165) is 25.7 Å². The van der Waals surface area contributed by atoms with Gasteiger partial charge < -0.3 is 9.47 Å². The van der Waals surface area contributed by atoms with Crippen LogP contribution in [0, 0.1) is 6.92 Å². The zero-order valence-corrected chi connectivity index (χ0v) is 14.9. The first-order chi connectivity index (χ1) is 11.0. The molecule has 0 radical (unpaired) electrons. The molecule has 5 nitrogen and oxygen atoms in total. The van der Waals surface area contributed by atoms with Crippen molar-refractivity contribution in [2.45, 2.75) is 63.5 Å². The van der Waals surface area contributed by atoms with E-state index in [-0.39, 0.29) is 6.10 Å². The van der Waals surface area contributed by atoms with Gasteiger partial charge in [0, 0.05) is 12.3 Å². The molecule has 128 valence electrons. The van der Waals surface area contributed by atoms with Crippen LogP contribution in [0.25, 0.3) is 0 Å². The number of aryl methyl sites for hydroxylation is 1. The lowest BCUT2D eigenvalue weighted by atomic mass is 10.1. The first-order valence-electron chi connectivity index (χ1n) is 8.21. The molecule has 1 aromatic rings. The molecule has 0 N–H and O–H groups in total. The van der Waals surface area contributed by atoms with E-state index in [0.29, 0.717) is 28.6 Å². The van der Waals surface area contributed by atoms with Crippen LogP contribution in [0.2, 0.25) is 0 Å². The molecule has 2 rings (SSSR count). The molecule has 0 spiro atoms. The molecule has 1 heterocycles. The Morgan fingerprint density at radius 3 is 2.52 bits per heavy atom. The zero-order chi connectivity index (χ0) is 16.8.